The van der Waals surface area contributed by atoms with Crippen molar-refractivity contribution in [3.8, 4) is 11.3 Å². The Morgan fingerprint density at radius 1 is 1.30 bits per heavy atom. The van der Waals surface area contributed by atoms with Gasteiger partial charge in [-0.15, -0.1) is 11.3 Å². The molecule has 1 amide bonds. The molecule has 1 unspecified atom stereocenters. The van der Waals surface area contributed by atoms with Crippen molar-refractivity contribution in [1.82, 2.24) is 10.3 Å². The van der Waals surface area contributed by atoms with Gasteiger partial charge in [0.1, 0.15) is 0 Å². The van der Waals surface area contributed by atoms with Gasteiger partial charge in [-0.1, -0.05) is 26.0 Å². The van der Waals surface area contributed by atoms with Crippen molar-refractivity contribution >= 4 is 17.2 Å². The quantitative estimate of drug-likeness (QED) is 0.906. The van der Waals surface area contributed by atoms with Crippen LogP contribution in [0.4, 0.5) is 0 Å². The van der Waals surface area contributed by atoms with Gasteiger partial charge in [-0.2, -0.15) is 0 Å². The van der Waals surface area contributed by atoms with Crippen molar-refractivity contribution in [2.45, 2.75) is 39.7 Å². The molecular formula is C16H20N2OS. The van der Waals surface area contributed by atoms with Gasteiger partial charge in [0.25, 0.3) is 5.91 Å². The highest BCUT2D eigenvalue weighted by molar-refractivity contribution is 7.09. The van der Waals surface area contributed by atoms with Gasteiger partial charge in [0.2, 0.25) is 0 Å². The fourth-order valence-corrected chi connectivity index (χ4v) is 2.56. The first kappa shape index (κ1) is 14.7. The van der Waals surface area contributed by atoms with Crippen molar-refractivity contribution < 1.29 is 4.79 Å². The average molecular weight is 288 g/mol. The minimum Gasteiger partial charge on any atom is -0.350 e. The normalized spacial score (nSPS) is 12.2. The van der Waals surface area contributed by atoms with E-state index in [4.69, 9.17) is 0 Å². The number of hydrogen-bond acceptors (Lipinski definition) is 3. The molecule has 106 valence electrons. The molecule has 4 heteroatoms. The molecule has 0 bridgehead atoms. The number of rotatable bonds is 5. The lowest BCUT2D eigenvalue weighted by atomic mass is 10.1. The van der Waals surface area contributed by atoms with E-state index in [1.165, 1.54) is 0 Å². The Hall–Kier alpha value is -1.68. The molecule has 0 aliphatic carbocycles. The first-order chi connectivity index (χ1) is 9.63. The van der Waals surface area contributed by atoms with Crippen molar-refractivity contribution in [1.29, 1.82) is 0 Å². The number of nitrogens with zero attached hydrogens (tertiary/aromatic N) is 1. The van der Waals surface area contributed by atoms with Gasteiger partial charge >= 0.3 is 0 Å². The van der Waals surface area contributed by atoms with E-state index in [0.29, 0.717) is 5.56 Å². The number of carbonyl (C=O) groups excluding carboxylic acids is 1. The molecule has 2 aromatic rings. The number of benzene rings is 1. The third kappa shape index (κ3) is 3.45. The van der Waals surface area contributed by atoms with E-state index < -0.39 is 0 Å². The minimum atomic E-state index is -0.0153. The Labute approximate surface area is 124 Å². The van der Waals surface area contributed by atoms with E-state index in [2.05, 4.69) is 29.5 Å². The minimum absolute atomic E-state index is 0.0153. The van der Waals surface area contributed by atoms with E-state index in [1.54, 1.807) is 11.3 Å². The summed E-state index contributed by atoms with van der Waals surface area (Å²) in [6.07, 6.45) is 1.89. The van der Waals surface area contributed by atoms with Crippen molar-refractivity contribution in [2.24, 2.45) is 0 Å². The summed E-state index contributed by atoms with van der Waals surface area (Å²) in [6, 6.07) is 7.84. The predicted molar refractivity (Wildman–Crippen MR) is 84.1 cm³/mol. The Balaban J connectivity index is 2.11. The van der Waals surface area contributed by atoms with Gasteiger partial charge in [-0.25, -0.2) is 4.98 Å². The number of aromatic nitrogens is 1. The van der Waals surface area contributed by atoms with E-state index in [0.717, 1.165) is 29.1 Å². The molecule has 0 saturated carbocycles. The molecule has 0 spiro atoms. The molecule has 20 heavy (non-hydrogen) atoms. The lowest BCUT2D eigenvalue weighted by molar-refractivity contribution is 0.0939. The molecule has 0 fully saturated rings. The van der Waals surface area contributed by atoms with E-state index in [1.807, 2.05) is 31.2 Å². The van der Waals surface area contributed by atoms with Gasteiger partial charge in [-0.3, -0.25) is 4.79 Å². The van der Waals surface area contributed by atoms with Crippen LogP contribution in [0.15, 0.2) is 29.6 Å². The Kier molecular flexibility index (Phi) is 4.90. The van der Waals surface area contributed by atoms with Crippen molar-refractivity contribution in [2.75, 3.05) is 0 Å². The summed E-state index contributed by atoms with van der Waals surface area (Å²) in [5, 5.41) is 6.17. The number of thiazole rings is 1. The lowest BCUT2D eigenvalue weighted by Gasteiger charge is -2.11. The summed E-state index contributed by atoms with van der Waals surface area (Å²) in [4.78, 5) is 16.5. The second-order valence-electron chi connectivity index (χ2n) is 4.84. The number of hydrogen-bond donors (Lipinski definition) is 1. The van der Waals surface area contributed by atoms with Crippen LogP contribution in [0.25, 0.3) is 11.3 Å². The van der Waals surface area contributed by atoms with Crippen LogP contribution < -0.4 is 5.32 Å². The molecule has 0 aliphatic rings. The molecule has 1 atom stereocenters. The van der Waals surface area contributed by atoms with Crippen LogP contribution in [0.1, 0.15) is 42.6 Å². The summed E-state index contributed by atoms with van der Waals surface area (Å²) < 4.78 is 0. The molecule has 1 N–H and O–H groups in total. The molecule has 3 nitrogen and oxygen atoms in total. The van der Waals surface area contributed by atoms with Crippen LogP contribution in [0.5, 0.6) is 0 Å². The van der Waals surface area contributed by atoms with Gasteiger partial charge in [0, 0.05) is 22.5 Å². The molecule has 0 radical (unpaired) electrons. The smallest absolute Gasteiger partial charge is 0.251 e. The first-order valence-electron chi connectivity index (χ1n) is 6.99. The predicted octanol–water partition coefficient (Wildman–Crippen LogP) is 3.90. The van der Waals surface area contributed by atoms with Crippen LogP contribution in [-0.4, -0.2) is 16.9 Å². The first-order valence-corrected chi connectivity index (χ1v) is 7.87. The van der Waals surface area contributed by atoms with Crippen molar-refractivity contribution in [3.63, 3.8) is 0 Å². The van der Waals surface area contributed by atoms with Gasteiger partial charge in [-0.05, 0) is 31.9 Å². The third-order valence-corrected chi connectivity index (χ3v) is 4.28. The Morgan fingerprint density at radius 3 is 2.55 bits per heavy atom. The molecule has 0 saturated heterocycles. The van der Waals surface area contributed by atoms with Gasteiger partial charge in [0.05, 0.1) is 10.7 Å². The number of nitrogens with one attached hydrogen (secondary N) is 1. The van der Waals surface area contributed by atoms with E-state index in [9.17, 15) is 4.79 Å². The highest BCUT2D eigenvalue weighted by Gasteiger charge is 2.09. The van der Waals surface area contributed by atoms with Gasteiger partial charge in [0.15, 0.2) is 0 Å². The average Bonchev–Trinajstić information content (AvgIpc) is 2.96. The maximum absolute atomic E-state index is 12.0. The zero-order valence-electron chi connectivity index (χ0n) is 12.1. The van der Waals surface area contributed by atoms with Crippen LogP contribution in [0.2, 0.25) is 0 Å². The molecule has 0 aliphatic heterocycles. The van der Waals surface area contributed by atoms with E-state index >= 15 is 0 Å². The highest BCUT2D eigenvalue weighted by Crippen LogP contribution is 2.22. The summed E-state index contributed by atoms with van der Waals surface area (Å²) in [7, 11) is 0. The standard InChI is InChI=1S/C16H20N2OS/c1-4-11(3)17-16(19)13-8-6-12(7-9-13)14-10-20-15(5-2)18-14/h6-11H,4-5H2,1-3H3,(H,17,19). The maximum Gasteiger partial charge on any atom is 0.251 e. The zero-order valence-corrected chi connectivity index (χ0v) is 13.0. The maximum atomic E-state index is 12.0. The van der Waals surface area contributed by atoms with Crippen molar-refractivity contribution in [3.05, 3.63) is 40.2 Å². The second-order valence-corrected chi connectivity index (χ2v) is 5.78. The lowest BCUT2D eigenvalue weighted by Crippen LogP contribution is -2.31. The summed E-state index contributed by atoms with van der Waals surface area (Å²) in [5.74, 6) is -0.0153. The topological polar surface area (TPSA) is 42.0 Å². The third-order valence-electron chi connectivity index (χ3n) is 3.29. The summed E-state index contributed by atoms with van der Waals surface area (Å²) in [5.41, 5.74) is 2.74. The van der Waals surface area contributed by atoms with Crippen LogP contribution in [-0.2, 0) is 6.42 Å². The number of amides is 1. The molecular weight excluding hydrogens is 268 g/mol. The summed E-state index contributed by atoms with van der Waals surface area (Å²) >= 11 is 1.68. The van der Waals surface area contributed by atoms with Gasteiger partial charge < -0.3 is 5.32 Å². The second kappa shape index (κ2) is 6.66. The van der Waals surface area contributed by atoms with Crippen LogP contribution in [0, 0.1) is 0 Å². The number of carbonyl (C=O) groups is 1. The molecule has 1 heterocycles. The zero-order chi connectivity index (χ0) is 14.5. The largest absolute Gasteiger partial charge is 0.350 e. The monoisotopic (exact) mass is 288 g/mol. The van der Waals surface area contributed by atoms with Crippen LogP contribution in [0.3, 0.4) is 0 Å². The SMILES string of the molecule is CCc1nc(-c2ccc(C(=O)NC(C)CC)cc2)cs1. The number of aryl methyl sites for hydroxylation is 1. The Morgan fingerprint density at radius 2 is 2.00 bits per heavy atom. The van der Waals surface area contributed by atoms with E-state index in [-0.39, 0.29) is 11.9 Å². The summed E-state index contributed by atoms with van der Waals surface area (Å²) in [6.45, 7) is 6.17. The fraction of sp³-hybridized carbons (Fsp3) is 0.375. The fourth-order valence-electron chi connectivity index (χ4n) is 1.81. The molecule has 1 aromatic heterocycles. The molecule has 2 rings (SSSR count). The van der Waals surface area contributed by atoms with Crippen LogP contribution >= 0.6 is 11.3 Å². The Bertz CT molecular complexity index is 574. The molecule has 1 aromatic carbocycles. The highest BCUT2D eigenvalue weighted by atomic mass is 32.1.